The number of rotatable bonds is 54. The Labute approximate surface area is 480 Å². The number of allylic oxidation sites excluding steroid dienone is 11. The quantitative estimate of drug-likeness (QED) is 0.0228. The number of carboxylic acids is 1. The van der Waals surface area contributed by atoms with Crippen LogP contribution in [0.3, 0.4) is 0 Å². The van der Waals surface area contributed by atoms with Gasteiger partial charge in [-0.15, -0.1) is 0 Å². The molecule has 6 atom stereocenters. The van der Waals surface area contributed by atoms with Gasteiger partial charge in [-0.05, 0) is 70.6 Å². The zero-order chi connectivity index (χ0) is 57.5. The number of aliphatic carboxylic acids is 1. The molecule has 1 aliphatic heterocycles. The largest absolute Gasteiger partial charge is 0.479 e. The van der Waals surface area contributed by atoms with E-state index in [1.807, 2.05) is 12.2 Å². The fraction of sp³-hybridized carbons (Fsp3) is 0.761. The van der Waals surface area contributed by atoms with Crippen molar-refractivity contribution in [3.63, 3.8) is 0 Å². The zero-order valence-electron chi connectivity index (χ0n) is 50.1. The Morgan fingerprint density at radius 2 is 0.835 bits per heavy atom. The summed E-state index contributed by atoms with van der Waals surface area (Å²) in [7, 11) is 0. The van der Waals surface area contributed by atoms with Gasteiger partial charge in [0, 0.05) is 12.8 Å². The van der Waals surface area contributed by atoms with Crippen molar-refractivity contribution in [3.8, 4) is 0 Å². The topological polar surface area (TPSA) is 175 Å². The number of aliphatic hydroxyl groups excluding tert-OH is 2. The van der Waals surface area contributed by atoms with Crippen LogP contribution in [-0.4, -0.2) is 89.2 Å². The first-order valence-electron chi connectivity index (χ1n) is 31.9. The Kier molecular flexibility index (Phi) is 50.7. The third kappa shape index (κ3) is 44.5. The lowest BCUT2D eigenvalue weighted by Gasteiger charge is -2.40. The molecule has 0 aliphatic carbocycles. The van der Waals surface area contributed by atoms with Crippen molar-refractivity contribution in [2.45, 2.75) is 314 Å². The molecule has 12 nitrogen and oxygen atoms in total. The number of carboxylic acid groups (broad SMARTS) is 1. The van der Waals surface area contributed by atoms with E-state index in [1.54, 1.807) is 6.08 Å². The van der Waals surface area contributed by atoms with Gasteiger partial charge in [0.1, 0.15) is 18.8 Å². The van der Waals surface area contributed by atoms with Crippen LogP contribution in [0.5, 0.6) is 0 Å². The third-order valence-electron chi connectivity index (χ3n) is 14.3. The van der Waals surface area contributed by atoms with Gasteiger partial charge in [-0.3, -0.25) is 14.4 Å². The molecule has 3 N–H and O–H groups in total. The molecule has 0 saturated carbocycles. The molecule has 454 valence electrons. The predicted molar refractivity (Wildman–Crippen MR) is 322 cm³/mol. The van der Waals surface area contributed by atoms with E-state index in [1.165, 1.54) is 141 Å². The molecular weight excluding hydrogens is 997 g/mol. The van der Waals surface area contributed by atoms with Crippen LogP contribution in [0.15, 0.2) is 72.9 Å². The number of esters is 3. The molecule has 1 rings (SSSR count). The highest BCUT2D eigenvalue weighted by atomic mass is 16.7. The van der Waals surface area contributed by atoms with Gasteiger partial charge in [-0.25, -0.2) is 4.79 Å². The van der Waals surface area contributed by atoms with E-state index in [-0.39, 0.29) is 25.9 Å². The summed E-state index contributed by atoms with van der Waals surface area (Å²) in [4.78, 5) is 51.2. The maximum Gasteiger partial charge on any atom is 0.335 e. The number of aliphatic hydroxyl groups is 2. The van der Waals surface area contributed by atoms with Crippen LogP contribution in [0, 0.1) is 0 Å². The molecule has 0 amide bonds. The second kappa shape index (κ2) is 54.7. The van der Waals surface area contributed by atoms with Crippen LogP contribution in [0.1, 0.15) is 278 Å². The molecule has 1 fully saturated rings. The van der Waals surface area contributed by atoms with Gasteiger partial charge >= 0.3 is 23.9 Å². The second-order valence-corrected chi connectivity index (χ2v) is 21.7. The van der Waals surface area contributed by atoms with Crippen molar-refractivity contribution in [1.29, 1.82) is 0 Å². The zero-order valence-corrected chi connectivity index (χ0v) is 50.1. The Balaban J connectivity index is 2.69. The van der Waals surface area contributed by atoms with Crippen molar-refractivity contribution < 1.29 is 58.2 Å². The number of ether oxygens (including phenoxy) is 5. The monoisotopic (exact) mass is 1110 g/mol. The van der Waals surface area contributed by atoms with E-state index in [4.69, 9.17) is 23.7 Å². The third-order valence-corrected chi connectivity index (χ3v) is 14.3. The second-order valence-electron chi connectivity index (χ2n) is 21.7. The Bertz CT molecular complexity index is 1650. The van der Waals surface area contributed by atoms with E-state index in [2.05, 4.69) is 75.5 Å². The van der Waals surface area contributed by atoms with Crippen LogP contribution in [-0.2, 0) is 42.9 Å². The molecule has 0 aromatic heterocycles. The molecule has 0 spiro atoms. The molecule has 0 aromatic rings. The van der Waals surface area contributed by atoms with E-state index < -0.39 is 67.3 Å². The van der Waals surface area contributed by atoms with Crippen LogP contribution >= 0.6 is 0 Å². The summed E-state index contributed by atoms with van der Waals surface area (Å²) in [6.07, 6.45) is 57.5. The minimum Gasteiger partial charge on any atom is -0.479 e. The van der Waals surface area contributed by atoms with Gasteiger partial charge in [-0.2, -0.15) is 0 Å². The number of unbranched alkanes of at least 4 members (excludes halogenated alkanes) is 29. The summed E-state index contributed by atoms with van der Waals surface area (Å²) in [5, 5.41) is 31.6. The summed E-state index contributed by atoms with van der Waals surface area (Å²) >= 11 is 0. The van der Waals surface area contributed by atoms with Crippen LogP contribution in [0.2, 0.25) is 0 Å². The molecule has 0 bridgehead atoms. The van der Waals surface area contributed by atoms with Crippen molar-refractivity contribution in [1.82, 2.24) is 0 Å². The van der Waals surface area contributed by atoms with E-state index in [0.29, 0.717) is 19.3 Å². The SMILES string of the molecule is CC/C=C\C/C=C\C/C=C\C/C=C\C/C=C\CC(=O)OCC(COC1OC(C(=O)O)C(O)C(O)C1OC(=O)CCCCCCCCCCC/C=C\CCCCCCCC)OC(=O)CCCCCCCCCCCCCCCCC. The lowest BCUT2D eigenvalue weighted by Crippen LogP contribution is -2.61. The standard InChI is InChI=1S/C67H114O12/c1-4-7-10-13-16-19-22-25-28-29-30-31-34-37-40-43-46-49-52-55-61(70)78-65-63(72)62(71)64(66(73)74)79-67(65)76-57-58(77-60(69)54-51-48-45-42-39-36-33-27-24-21-18-15-12-9-6-3)56-75-59(68)53-50-47-44-41-38-35-32-26-23-20-17-14-11-8-5-2/h8,11,17,20,25-26,28,32,38,41,47,50,58,62-65,67,71-72H,4-7,9-10,12-16,18-19,21-24,27,29-31,33-37,39-40,42-46,48-49,51-57H2,1-3H3,(H,73,74)/b11-8-,20-17-,28-25-,32-26-,41-38-,50-47-. The molecule has 6 unspecified atom stereocenters. The molecule has 0 radical (unpaired) electrons. The summed E-state index contributed by atoms with van der Waals surface area (Å²) in [5.74, 6) is -3.27. The number of hydrogen-bond donors (Lipinski definition) is 3. The highest BCUT2D eigenvalue weighted by Crippen LogP contribution is 2.27. The Hall–Kier alpha value is -3.84. The van der Waals surface area contributed by atoms with Crippen LogP contribution in [0.4, 0.5) is 0 Å². The first-order chi connectivity index (χ1) is 38.6. The fourth-order valence-corrected chi connectivity index (χ4v) is 9.44. The molecule has 1 saturated heterocycles. The number of carbonyl (C=O) groups excluding carboxylic acids is 3. The van der Waals surface area contributed by atoms with Gasteiger partial charge in [-0.1, -0.05) is 261 Å². The fourth-order valence-electron chi connectivity index (χ4n) is 9.44. The van der Waals surface area contributed by atoms with Crippen molar-refractivity contribution in [2.24, 2.45) is 0 Å². The predicted octanol–water partition coefficient (Wildman–Crippen LogP) is 16.9. The Morgan fingerprint density at radius 1 is 0.443 bits per heavy atom. The summed E-state index contributed by atoms with van der Waals surface area (Å²) < 4.78 is 28.4. The lowest BCUT2D eigenvalue weighted by molar-refractivity contribution is -0.301. The van der Waals surface area contributed by atoms with E-state index in [0.717, 1.165) is 77.0 Å². The van der Waals surface area contributed by atoms with Crippen LogP contribution in [0.25, 0.3) is 0 Å². The normalized spacial score (nSPS) is 18.3. The molecule has 12 heteroatoms. The molecule has 1 aliphatic rings. The summed E-state index contributed by atoms with van der Waals surface area (Å²) in [6.45, 7) is 5.82. The lowest BCUT2D eigenvalue weighted by atomic mass is 9.98. The number of hydrogen-bond acceptors (Lipinski definition) is 11. The summed E-state index contributed by atoms with van der Waals surface area (Å²) in [5.41, 5.74) is 0. The van der Waals surface area contributed by atoms with Gasteiger partial charge < -0.3 is 39.0 Å². The molecular formula is C67H114O12. The van der Waals surface area contributed by atoms with E-state index >= 15 is 0 Å². The first-order valence-corrected chi connectivity index (χ1v) is 31.9. The average molecular weight is 1110 g/mol. The molecule has 79 heavy (non-hydrogen) atoms. The van der Waals surface area contributed by atoms with Crippen LogP contribution < -0.4 is 0 Å². The summed E-state index contributed by atoms with van der Waals surface area (Å²) in [6, 6.07) is 0. The van der Waals surface area contributed by atoms with Crippen molar-refractivity contribution >= 4 is 23.9 Å². The minimum atomic E-state index is -1.91. The minimum absolute atomic E-state index is 0.0139. The van der Waals surface area contributed by atoms with Crippen molar-refractivity contribution in [2.75, 3.05) is 13.2 Å². The highest BCUT2D eigenvalue weighted by molar-refractivity contribution is 5.74. The smallest absolute Gasteiger partial charge is 0.335 e. The van der Waals surface area contributed by atoms with Gasteiger partial charge in [0.15, 0.2) is 24.6 Å². The molecule has 1 heterocycles. The number of carbonyl (C=O) groups is 4. The maximum absolute atomic E-state index is 13.2. The van der Waals surface area contributed by atoms with E-state index in [9.17, 15) is 34.5 Å². The molecule has 0 aromatic carbocycles. The highest BCUT2D eigenvalue weighted by Gasteiger charge is 2.50. The maximum atomic E-state index is 13.2. The van der Waals surface area contributed by atoms with Gasteiger partial charge in [0.05, 0.1) is 13.0 Å². The average Bonchev–Trinajstić information content (AvgIpc) is 3.46. The first kappa shape index (κ1) is 73.2. The van der Waals surface area contributed by atoms with Gasteiger partial charge in [0.25, 0.3) is 0 Å². The van der Waals surface area contributed by atoms with Gasteiger partial charge in [0.2, 0.25) is 0 Å². The van der Waals surface area contributed by atoms with Crippen molar-refractivity contribution in [3.05, 3.63) is 72.9 Å². The Morgan fingerprint density at radius 3 is 1.27 bits per heavy atom.